The molecule has 1 aromatic rings. The van der Waals surface area contributed by atoms with E-state index in [0.29, 0.717) is 13.1 Å². The number of nitrogens with zero attached hydrogens (tertiary/aromatic N) is 1. The van der Waals surface area contributed by atoms with Gasteiger partial charge in [-0.3, -0.25) is 4.79 Å². The van der Waals surface area contributed by atoms with Gasteiger partial charge >= 0.3 is 0 Å². The number of nitrogens with two attached hydrogens (primary N) is 1. The average Bonchev–Trinajstić information content (AvgIpc) is 2.71. The van der Waals surface area contributed by atoms with Crippen LogP contribution >= 0.6 is 12.4 Å². The quantitative estimate of drug-likeness (QED) is 0.903. The summed E-state index contributed by atoms with van der Waals surface area (Å²) in [5, 5.41) is 0. The fourth-order valence-electron chi connectivity index (χ4n) is 2.11. The number of carbonyl (C=O) groups is 1. The number of benzene rings is 1. The van der Waals surface area contributed by atoms with E-state index in [1.807, 2.05) is 18.2 Å². The fraction of sp³-hybridized carbons (Fsp3) is 0.462. The summed E-state index contributed by atoms with van der Waals surface area (Å²) in [6, 6.07) is 5.23. The monoisotopic (exact) mass is 286 g/mol. The highest BCUT2D eigenvalue weighted by molar-refractivity contribution is 5.85. The van der Waals surface area contributed by atoms with Crippen molar-refractivity contribution < 1.29 is 14.3 Å². The molecule has 1 heterocycles. The zero-order valence-electron chi connectivity index (χ0n) is 11.1. The SMILES string of the molecule is COc1ccc(CN2CCC(N)C2=O)c(OC)c1.Cl. The highest BCUT2D eigenvalue weighted by Gasteiger charge is 2.28. The van der Waals surface area contributed by atoms with Crippen LogP contribution in [0.4, 0.5) is 0 Å². The Morgan fingerprint density at radius 2 is 2.11 bits per heavy atom. The molecule has 1 aliphatic rings. The van der Waals surface area contributed by atoms with Crippen molar-refractivity contribution in [2.45, 2.75) is 19.0 Å². The van der Waals surface area contributed by atoms with Crippen LogP contribution in [0.15, 0.2) is 18.2 Å². The van der Waals surface area contributed by atoms with E-state index in [4.69, 9.17) is 15.2 Å². The maximum absolute atomic E-state index is 11.8. The molecule has 19 heavy (non-hydrogen) atoms. The molecule has 1 atom stereocenters. The predicted molar refractivity (Wildman–Crippen MR) is 74.8 cm³/mol. The Bertz CT molecular complexity index is 454. The summed E-state index contributed by atoms with van der Waals surface area (Å²) in [7, 11) is 3.22. The number of methoxy groups -OCH3 is 2. The first-order chi connectivity index (χ1) is 8.65. The number of amides is 1. The second kappa shape index (κ2) is 6.63. The molecule has 6 heteroatoms. The molecule has 0 saturated carbocycles. The van der Waals surface area contributed by atoms with Gasteiger partial charge in [-0.2, -0.15) is 0 Å². The lowest BCUT2D eigenvalue weighted by atomic mass is 10.2. The Morgan fingerprint density at radius 3 is 2.63 bits per heavy atom. The summed E-state index contributed by atoms with van der Waals surface area (Å²) in [5.74, 6) is 1.47. The summed E-state index contributed by atoms with van der Waals surface area (Å²) in [6.07, 6.45) is 0.720. The Balaban J connectivity index is 0.00000180. The highest BCUT2D eigenvalue weighted by Crippen LogP contribution is 2.26. The molecule has 1 aliphatic heterocycles. The van der Waals surface area contributed by atoms with Gasteiger partial charge in [0.2, 0.25) is 5.91 Å². The molecule has 1 amide bonds. The molecule has 1 aromatic carbocycles. The van der Waals surface area contributed by atoms with Crippen LogP contribution in [0.25, 0.3) is 0 Å². The molecule has 5 nitrogen and oxygen atoms in total. The van der Waals surface area contributed by atoms with Crippen molar-refractivity contribution in [2.24, 2.45) is 5.73 Å². The number of hydrogen-bond acceptors (Lipinski definition) is 4. The maximum Gasteiger partial charge on any atom is 0.239 e. The molecule has 1 fully saturated rings. The van der Waals surface area contributed by atoms with Crippen LogP contribution < -0.4 is 15.2 Å². The van der Waals surface area contributed by atoms with Crippen molar-refractivity contribution in [1.82, 2.24) is 4.90 Å². The van der Waals surface area contributed by atoms with Crippen molar-refractivity contribution in [3.63, 3.8) is 0 Å². The molecule has 2 N–H and O–H groups in total. The van der Waals surface area contributed by atoms with Crippen molar-refractivity contribution in [2.75, 3.05) is 20.8 Å². The van der Waals surface area contributed by atoms with Gasteiger partial charge in [0.05, 0.1) is 20.3 Å². The van der Waals surface area contributed by atoms with E-state index in [0.717, 1.165) is 23.5 Å². The third-order valence-electron chi connectivity index (χ3n) is 3.19. The van der Waals surface area contributed by atoms with Gasteiger partial charge in [-0.05, 0) is 18.6 Å². The molecule has 0 aromatic heterocycles. The summed E-state index contributed by atoms with van der Waals surface area (Å²) in [4.78, 5) is 13.5. The second-order valence-electron chi connectivity index (χ2n) is 4.33. The van der Waals surface area contributed by atoms with Crippen molar-refractivity contribution in [3.8, 4) is 11.5 Å². The van der Waals surface area contributed by atoms with E-state index < -0.39 is 0 Å². The van der Waals surface area contributed by atoms with Gasteiger partial charge < -0.3 is 20.1 Å². The van der Waals surface area contributed by atoms with E-state index in [-0.39, 0.29) is 24.4 Å². The van der Waals surface area contributed by atoms with Crippen LogP contribution in [0.1, 0.15) is 12.0 Å². The molecular weight excluding hydrogens is 268 g/mol. The van der Waals surface area contributed by atoms with Crippen LogP contribution in [-0.2, 0) is 11.3 Å². The van der Waals surface area contributed by atoms with Crippen LogP contribution in [0, 0.1) is 0 Å². The largest absolute Gasteiger partial charge is 0.497 e. The lowest BCUT2D eigenvalue weighted by Gasteiger charge is -2.18. The fourth-order valence-corrected chi connectivity index (χ4v) is 2.11. The molecular formula is C13H19ClN2O3. The first-order valence-electron chi connectivity index (χ1n) is 5.91. The predicted octanol–water partition coefficient (Wildman–Crippen LogP) is 1.19. The maximum atomic E-state index is 11.8. The minimum Gasteiger partial charge on any atom is -0.497 e. The van der Waals surface area contributed by atoms with Gasteiger partial charge in [0.25, 0.3) is 0 Å². The summed E-state index contributed by atoms with van der Waals surface area (Å²) >= 11 is 0. The van der Waals surface area contributed by atoms with Gasteiger partial charge in [-0.25, -0.2) is 0 Å². The highest BCUT2D eigenvalue weighted by atomic mass is 35.5. The van der Waals surface area contributed by atoms with Gasteiger partial charge in [0.1, 0.15) is 11.5 Å². The number of carbonyl (C=O) groups excluding carboxylic acids is 1. The molecule has 0 bridgehead atoms. The molecule has 0 spiro atoms. The molecule has 0 aliphatic carbocycles. The van der Waals surface area contributed by atoms with Gasteiger partial charge in [0.15, 0.2) is 0 Å². The van der Waals surface area contributed by atoms with Gasteiger partial charge in [-0.15, -0.1) is 12.4 Å². The first-order valence-corrected chi connectivity index (χ1v) is 5.91. The Labute approximate surface area is 119 Å². The molecule has 2 rings (SSSR count). The normalized spacial score (nSPS) is 18.2. The number of rotatable bonds is 4. The lowest BCUT2D eigenvalue weighted by Crippen LogP contribution is -2.33. The smallest absolute Gasteiger partial charge is 0.239 e. The Hall–Kier alpha value is -1.46. The van der Waals surface area contributed by atoms with Crippen molar-refractivity contribution >= 4 is 18.3 Å². The van der Waals surface area contributed by atoms with E-state index in [1.165, 1.54) is 0 Å². The average molecular weight is 287 g/mol. The summed E-state index contributed by atoms with van der Waals surface area (Å²) in [6.45, 7) is 1.23. The second-order valence-corrected chi connectivity index (χ2v) is 4.33. The van der Waals surface area contributed by atoms with Crippen LogP contribution in [0.5, 0.6) is 11.5 Å². The van der Waals surface area contributed by atoms with Crippen molar-refractivity contribution in [1.29, 1.82) is 0 Å². The summed E-state index contributed by atoms with van der Waals surface area (Å²) in [5.41, 5.74) is 6.66. The number of likely N-dealkylation sites (tertiary alicyclic amines) is 1. The van der Waals surface area contributed by atoms with Gasteiger partial charge in [-0.1, -0.05) is 0 Å². The topological polar surface area (TPSA) is 64.8 Å². The molecule has 1 unspecified atom stereocenters. The number of hydrogen-bond donors (Lipinski definition) is 1. The first kappa shape index (κ1) is 15.6. The molecule has 106 valence electrons. The van der Waals surface area contributed by atoms with Crippen molar-refractivity contribution in [3.05, 3.63) is 23.8 Å². The van der Waals surface area contributed by atoms with Crippen LogP contribution in [0.2, 0.25) is 0 Å². The standard InChI is InChI=1S/C13H18N2O3.ClH/c1-17-10-4-3-9(12(7-10)18-2)8-15-6-5-11(14)13(15)16;/h3-4,7,11H,5-6,8,14H2,1-2H3;1H. The van der Waals surface area contributed by atoms with E-state index in [1.54, 1.807) is 19.1 Å². The third-order valence-corrected chi connectivity index (χ3v) is 3.19. The molecule has 0 radical (unpaired) electrons. The van der Waals surface area contributed by atoms with Crippen LogP contribution in [0.3, 0.4) is 0 Å². The minimum absolute atomic E-state index is 0. The minimum atomic E-state index is -0.353. The molecule has 1 saturated heterocycles. The third kappa shape index (κ3) is 3.30. The zero-order valence-corrected chi connectivity index (χ0v) is 11.9. The van der Waals surface area contributed by atoms with E-state index >= 15 is 0 Å². The van der Waals surface area contributed by atoms with E-state index in [2.05, 4.69) is 0 Å². The van der Waals surface area contributed by atoms with E-state index in [9.17, 15) is 4.79 Å². The summed E-state index contributed by atoms with van der Waals surface area (Å²) < 4.78 is 10.5. The zero-order chi connectivity index (χ0) is 13.1. The van der Waals surface area contributed by atoms with Crippen LogP contribution in [-0.4, -0.2) is 37.6 Å². The van der Waals surface area contributed by atoms with Gasteiger partial charge in [0, 0.05) is 24.7 Å². The number of ether oxygens (including phenoxy) is 2. The Morgan fingerprint density at radius 1 is 1.37 bits per heavy atom. The number of halogens is 1. The lowest BCUT2D eigenvalue weighted by molar-refractivity contribution is -0.129. The Kier molecular flexibility index (Phi) is 5.44.